The largest absolute Gasteiger partial charge is 0.303 e. The van der Waals surface area contributed by atoms with Crippen molar-refractivity contribution in [3.63, 3.8) is 0 Å². The molecule has 1 aliphatic rings. The molecule has 0 atom stereocenters. The molecule has 0 heterocycles. The summed E-state index contributed by atoms with van der Waals surface area (Å²) in [5.41, 5.74) is 3.18. The van der Waals surface area contributed by atoms with Gasteiger partial charge in [0.15, 0.2) is 0 Å². The van der Waals surface area contributed by atoms with Gasteiger partial charge in [-0.1, -0.05) is 31.2 Å². The molecule has 0 radical (unpaired) electrons. The molecule has 1 aliphatic carbocycles. The van der Waals surface area contributed by atoms with Crippen LogP contribution < -0.4 is 0 Å². The van der Waals surface area contributed by atoms with E-state index in [2.05, 4.69) is 31.2 Å². The Hall–Kier alpha value is -1.11. The van der Waals surface area contributed by atoms with Crippen LogP contribution in [0.1, 0.15) is 37.3 Å². The van der Waals surface area contributed by atoms with Crippen molar-refractivity contribution in [3.05, 3.63) is 35.4 Å². The molecule has 2 rings (SSSR count). The lowest BCUT2D eigenvalue weighted by Gasteiger charge is -2.08. The highest BCUT2D eigenvalue weighted by molar-refractivity contribution is 5.50. The average Bonchev–Trinajstić information content (AvgIpc) is 2.96. The van der Waals surface area contributed by atoms with Gasteiger partial charge in [0.1, 0.15) is 6.29 Å². The Balaban J connectivity index is 2.06. The van der Waals surface area contributed by atoms with Crippen LogP contribution in [-0.4, -0.2) is 6.29 Å². The highest BCUT2D eigenvalue weighted by Crippen LogP contribution is 2.47. The lowest BCUT2D eigenvalue weighted by Crippen LogP contribution is -1.99. The molecule has 0 aliphatic heterocycles. The van der Waals surface area contributed by atoms with Crippen molar-refractivity contribution in [2.45, 2.75) is 38.0 Å². The molecule has 1 saturated carbocycles. The summed E-state index contributed by atoms with van der Waals surface area (Å²) in [6, 6.07) is 8.74. The quantitative estimate of drug-likeness (QED) is 0.664. The minimum atomic E-state index is 0.461. The summed E-state index contributed by atoms with van der Waals surface area (Å²) >= 11 is 0. The number of carbonyl (C=O) groups excluding carboxylic acids is 1. The molecule has 0 amide bonds. The second kappa shape index (κ2) is 3.56. The third-order valence-electron chi connectivity index (χ3n) is 3.20. The van der Waals surface area contributed by atoms with E-state index in [1.165, 1.54) is 24.0 Å². The zero-order valence-electron chi connectivity index (χ0n) is 8.62. The lowest BCUT2D eigenvalue weighted by molar-refractivity contribution is -0.107. The Kier molecular flexibility index (Phi) is 2.40. The van der Waals surface area contributed by atoms with Crippen molar-refractivity contribution in [2.24, 2.45) is 0 Å². The normalized spacial score (nSPS) is 17.8. The van der Waals surface area contributed by atoms with E-state index in [1.807, 2.05) is 0 Å². The third-order valence-corrected chi connectivity index (χ3v) is 3.20. The Labute approximate surface area is 85.1 Å². The summed E-state index contributed by atoms with van der Waals surface area (Å²) in [6.07, 6.45) is 5.13. The van der Waals surface area contributed by atoms with E-state index in [0.717, 1.165) is 12.7 Å². The van der Waals surface area contributed by atoms with Crippen LogP contribution in [0.15, 0.2) is 24.3 Å². The van der Waals surface area contributed by atoms with Crippen molar-refractivity contribution in [2.75, 3.05) is 0 Å². The molecule has 0 spiro atoms. The fourth-order valence-electron chi connectivity index (χ4n) is 1.78. The highest BCUT2D eigenvalue weighted by atomic mass is 16.1. The molecule has 1 aromatic carbocycles. The van der Waals surface area contributed by atoms with Crippen LogP contribution >= 0.6 is 0 Å². The van der Waals surface area contributed by atoms with E-state index in [1.54, 1.807) is 0 Å². The van der Waals surface area contributed by atoms with Crippen LogP contribution in [0.3, 0.4) is 0 Å². The van der Waals surface area contributed by atoms with Crippen molar-refractivity contribution < 1.29 is 4.79 Å². The average molecular weight is 188 g/mol. The van der Waals surface area contributed by atoms with E-state index < -0.39 is 0 Å². The monoisotopic (exact) mass is 188 g/mol. The number of carbonyl (C=O) groups is 1. The maximum atomic E-state index is 10.2. The maximum absolute atomic E-state index is 10.2. The molecule has 14 heavy (non-hydrogen) atoms. The molecule has 0 bridgehead atoms. The van der Waals surface area contributed by atoms with Crippen LogP contribution in [0.4, 0.5) is 0 Å². The van der Waals surface area contributed by atoms with E-state index in [4.69, 9.17) is 0 Å². The molecule has 1 aromatic rings. The summed E-state index contributed by atoms with van der Waals surface area (Å²) < 4.78 is 0. The molecule has 0 aromatic heterocycles. The summed E-state index contributed by atoms with van der Waals surface area (Å²) in [5.74, 6) is 0. The van der Waals surface area contributed by atoms with Gasteiger partial charge in [-0.3, -0.25) is 0 Å². The Bertz CT molecular complexity index is 320. The Morgan fingerprint density at radius 3 is 2.43 bits per heavy atom. The summed E-state index contributed by atoms with van der Waals surface area (Å²) in [7, 11) is 0. The fraction of sp³-hybridized carbons (Fsp3) is 0.462. The van der Waals surface area contributed by atoms with Crippen LogP contribution in [0.25, 0.3) is 0 Å². The van der Waals surface area contributed by atoms with Crippen LogP contribution in [0.5, 0.6) is 0 Å². The smallest absolute Gasteiger partial charge is 0.120 e. The zero-order valence-corrected chi connectivity index (χ0v) is 8.62. The molecule has 74 valence electrons. The topological polar surface area (TPSA) is 17.1 Å². The number of hydrogen-bond donors (Lipinski definition) is 0. The predicted molar refractivity (Wildman–Crippen MR) is 57.4 cm³/mol. The molecule has 1 nitrogen and oxygen atoms in total. The second-order valence-electron chi connectivity index (χ2n) is 4.46. The first-order chi connectivity index (χ1) is 6.74. The summed E-state index contributed by atoms with van der Waals surface area (Å²) in [4.78, 5) is 10.2. The van der Waals surface area contributed by atoms with Crippen LogP contribution in [-0.2, 0) is 16.6 Å². The van der Waals surface area contributed by atoms with Gasteiger partial charge in [0, 0.05) is 6.42 Å². The number of aryl methyl sites for hydroxylation is 1. The van der Waals surface area contributed by atoms with Crippen LogP contribution in [0, 0.1) is 0 Å². The summed E-state index contributed by atoms with van der Waals surface area (Å²) in [5, 5.41) is 0. The third kappa shape index (κ3) is 1.87. The van der Waals surface area contributed by atoms with Gasteiger partial charge < -0.3 is 4.79 Å². The SMILES string of the molecule is CC1(c2ccc(CCC=O)cc2)CC1. The Morgan fingerprint density at radius 2 is 1.93 bits per heavy atom. The number of aldehydes is 1. The van der Waals surface area contributed by atoms with Gasteiger partial charge in [-0.25, -0.2) is 0 Å². The molecular formula is C13H16O. The molecule has 0 N–H and O–H groups in total. The van der Waals surface area contributed by atoms with Gasteiger partial charge in [0.05, 0.1) is 0 Å². The van der Waals surface area contributed by atoms with Crippen molar-refractivity contribution in [1.82, 2.24) is 0 Å². The number of rotatable bonds is 4. The Morgan fingerprint density at radius 1 is 1.29 bits per heavy atom. The fourth-order valence-corrected chi connectivity index (χ4v) is 1.78. The van der Waals surface area contributed by atoms with Gasteiger partial charge in [-0.2, -0.15) is 0 Å². The van der Waals surface area contributed by atoms with E-state index >= 15 is 0 Å². The maximum Gasteiger partial charge on any atom is 0.120 e. The van der Waals surface area contributed by atoms with Gasteiger partial charge in [0.2, 0.25) is 0 Å². The number of benzene rings is 1. The minimum Gasteiger partial charge on any atom is -0.303 e. The molecular weight excluding hydrogens is 172 g/mol. The van der Waals surface area contributed by atoms with E-state index in [-0.39, 0.29) is 0 Å². The minimum absolute atomic E-state index is 0.461. The van der Waals surface area contributed by atoms with Gasteiger partial charge in [-0.15, -0.1) is 0 Å². The first-order valence-corrected chi connectivity index (χ1v) is 5.28. The lowest BCUT2D eigenvalue weighted by atomic mass is 9.96. The van der Waals surface area contributed by atoms with Gasteiger partial charge in [-0.05, 0) is 35.8 Å². The first-order valence-electron chi connectivity index (χ1n) is 5.28. The van der Waals surface area contributed by atoms with Gasteiger partial charge in [0.25, 0.3) is 0 Å². The first kappa shape index (κ1) is 9.45. The van der Waals surface area contributed by atoms with Crippen molar-refractivity contribution in [1.29, 1.82) is 0 Å². The molecule has 0 saturated heterocycles. The van der Waals surface area contributed by atoms with Crippen molar-refractivity contribution in [3.8, 4) is 0 Å². The van der Waals surface area contributed by atoms with Crippen LogP contribution in [0.2, 0.25) is 0 Å². The summed E-state index contributed by atoms with van der Waals surface area (Å²) in [6.45, 7) is 2.31. The van der Waals surface area contributed by atoms with Crippen molar-refractivity contribution >= 4 is 6.29 Å². The zero-order chi connectivity index (χ0) is 10.0. The van der Waals surface area contributed by atoms with E-state index in [0.29, 0.717) is 11.8 Å². The predicted octanol–water partition coefficient (Wildman–Crippen LogP) is 2.87. The molecule has 1 fully saturated rings. The highest BCUT2D eigenvalue weighted by Gasteiger charge is 2.38. The number of hydrogen-bond acceptors (Lipinski definition) is 1. The molecule has 0 unspecified atom stereocenters. The van der Waals surface area contributed by atoms with E-state index in [9.17, 15) is 4.79 Å². The molecule has 1 heteroatoms. The standard InChI is InChI=1S/C13H16O/c1-13(8-9-13)12-6-4-11(5-7-12)3-2-10-14/h4-7,10H,2-3,8-9H2,1H3. The van der Waals surface area contributed by atoms with Gasteiger partial charge >= 0.3 is 0 Å². The second-order valence-corrected chi connectivity index (χ2v) is 4.46.